The highest BCUT2D eigenvalue weighted by molar-refractivity contribution is 7.71. The van der Waals surface area contributed by atoms with Gasteiger partial charge in [-0.3, -0.25) is 0 Å². The summed E-state index contributed by atoms with van der Waals surface area (Å²) < 4.78 is 34.9. The van der Waals surface area contributed by atoms with Crippen LogP contribution in [0.2, 0.25) is 0 Å². The summed E-state index contributed by atoms with van der Waals surface area (Å²) in [5, 5.41) is 0. The SMILES string of the molecule is CC1(Cn2c(=S)[nH]c3c(F)cc(F)cc32)CCCO1. The van der Waals surface area contributed by atoms with E-state index in [4.69, 9.17) is 17.0 Å². The van der Waals surface area contributed by atoms with Crippen LogP contribution in [0.15, 0.2) is 12.1 Å². The van der Waals surface area contributed by atoms with Gasteiger partial charge in [0.15, 0.2) is 10.6 Å². The molecule has 0 aliphatic carbocycles. The van der Waals surface area contributed by atoms with Crippen LogP contribution in [0.5, 0.6) is 0 Å². The molecular formula is C13H14F2N2OS. The van der Waals surface area contributed by atoms with E-state index in [9.17, 15) is 8.78 Å². The Morgan fingerprint density at radius 3 is 2.95 bits per heavy atom. The first kappa shape index (κ1) is 12.7. The molecule has 102 valence electrons. The maximum absolute atomic E-state index is 13.7. The van der Waals surface area contributed by atoms with Crippen LogP contribution in [0, 0.1) is 16.4 Å². The zero-order valence-corrected chi connectivity index (χ0v) is 11.3. The molecule has 1 aromatic heterocycles. The second kappa shape index (κ2) is 4.38. The first-order valence-corrected chi connectivity index (χ1v) is 6.61. The van der Waals surface area contributed by atoms with Gasteiger partial charge in [-0.15, -0.1) is 0 Å². The Labute approximate surface area is 114 Å². The van der Waals surface area contributed by atoms with Gasteiger partial charge in [-0.1, -0.05) is 0 Å². The van der Waals surface area contributed by atoms with Gasteiger partial charge in [0, 0.05) is 12.7 Å². The zero-order valence-electron chi connectivity index (χ0n) is 10.5. The number of hydrogen-bond acceptors (Lipinski definition) is 2. The number of aromatic amines is 1. The van der Waals surface area contributed by atoms with Crippen molar-refractivity contribution in [2.24, 2.45) is 0 Å². The molecular weight excluding hydrogens is 270 g/mol. The highest BCUT2D eigenvalue weighted by Gasteiger charge is 2.31. The Morgan fingerprint density at radius 2 is 2.26 bits per heavy atom. The number of hydrogen-bond donors (Lipinski definition) is 1. The first-order valence-electron chi connectivity index (χ1n) is 6.20. The van der Waals surface area contributed by atoms with Crippen molar-refractivity contribution in [2.45, 2.75) is 31.9 Å². The molecule has 1 N–H and O–H groups in total. The number of fused-ring (bicyclic) bond motifs is 1. The average Bonchev–Trinajstić information content (AvgIpc) is 2.87. The van der Waals surface area contributed by atoms with E-state index in [-0.39, 0.29) is 11.1 Å². The predicted molar refractivity (Wildman–Crippen MR) is 70.6 cm³/mol. The molecule has 1 aliphatic heterocycles. The fourth-order valence-corrected chi connectivity index (χ4v) is 2.90. The second-order valence-corrected chi connectivity index (χ2v) is 5.59. The number of ether oxygens (including phenoxy) is 1. The quantitative estimate of drug-likeness (QED) is 0.855. The molecule has 0 spiro atoms. The Hall–Kier alpha value is -1.27. The van der Waals surface area contributed by atoms with Crippen LogP contribution < -0.4 is 0 Å². The van der Waals surface area contributed by atoms with Crippen molar-refractivity contribution in [3.63, 3.8) is 0 Å². The maximum atomic E-state index is 13.7. The van der Waals surface area contributed by atoms with E-state index < -0.39 is 11.6 Å². The van der Waals surface area contributed by atoms with Crippen molar-refractivity contribution in [1.82, 2.24) is 9.55 Å². The summed E-state index contributed by atoms with van der Waals surface area (Å²) in [4.78, 5) is 2.79. The molecule has 0 amide bonds. The highest BCUT2D eigenvalue weighted by atomic mass is 32.1. The number of nitrogens with zero attached hydrogens (tertiary/aromatic N) is 1. The van der Waals surface area contributed by atoms with Crippen LogP contribution in [0.4, 0.5) is 8.78 Å². The molecule has 3 nitrogen and oxygen atoms in total. The van der Waals surface area contributed by atoms with E-state index >= 15 is 0 Å². The van der Waals surface area contributed by atoms with Gasteiger partial charge in [0.25, 0.3) is 0 Å². The molecule has 19 heavy (non-hydrogen) atoms. The monoisotopic (exact) mass is 284 g/mol. The van der Waals surface area contributed by atoms with Gasteiger partial charge in [0.05, 0.1) is 17.7 Å². The molecule has 3 rings (SSSR count). The largest absolute Gasteiger partial charge is 0.373 e. The first-order chi connectivity index (χ1) is 8.98. The average molecular weight is 284 g/mol. The van der Waals surface area contributed by atoms with Gasteiger partial charge in [0.1, 0.15) is 11.3 Å². The van der Waals surface area contributed by atoms with Crippen LogP contribution in [0.1, 0.15) is 19.8 Å². The Bertz CT molecular complexity index is 686. The zero-order chi connectivity index (χ0) is 13.6. The fraction of sp³-hybridized carbons (Fsp3) is 0.462. The number of nitrogens with one attached hydrogen (secondary N) is 1. The minimum absolute atomic E-state index is 0.244. The van der Waals surface area contributed by atoms with E-state index in [1.807, 2.05) is 6.92 Å². The van der Waals surface area contributed by atoms with Gasteiger partial charge in [-0.25, -0.2) is 8.78 Å². The van der Waals surface area contributed by atoms with Gasteiger partial charge in [-0.2, -0.15) is 0 Å². The molecule has 0 bridgehead atoms. The number of aromatic nitrogens is 2. The molecule has 6 heteroatoms. The van der Waals surface area contributed by atoms with Crippen molar-refractivity contribution in [3.8, 4) is 0 Å². The highest BCUT2D eigenvalue weighted by Crippen LogP contribution is 2.29. The predicted octanol–water partition coefficient (Wildman–Crippen LogP) is 3.55. The van der Waals surface area contributed by atoms with Crippen LogP contribution in [0.3, 0.4) is 0 Å². The molecule has 1 fully saturated rings. The lowest BCUT2D eigenvalue weighted by molar-refractivity contribution is 0.00678. The molecule has 2 heterocycles. The summed E-state index contributed by atoms with van der Waals surface area (Å²) in [5.74, 6) is -1.23. The van der Waals surface area contributed by atoms with Gasteiger partial charge < -0.3 is 14.3 Å². The van der Waals surface area contributed by atoms with Crippen molar-refractivity contribution in [3.05, 3.63) is 28.5 Å². The van der Waals surface area contributed by atoms with E-state index in [2.05, 4.69) is 4.98 Å². The molecule has 1 aromatic carbocycles. The number of halogens is 2. The second-order valence-electron chi connectivity index (χ2n) is 5.20. The van der Waals surface area contributed by atoms with Crippen LogP contribution in [0.25, 0.3) is 11.0 Å². The lowest BCUT2D eigenvalue weighted by atomic mass is 10.0. The minimum atomic E-state index is -0.627. The van der Waals surface area contributed by atoms with E-state index in [1.54, 1.807) is 4.57 Å². The summed E-state index contributed by atoms with van der Waals surface area (Å²) in [7, 11) is 0. The van der Waals surface area contributed by atoms with Crippen molar-refractivity contribution < 1.29 is 13.5 Å². The molecule has 0 radical (unpaired) electrons. The van der Waals surface area contributed by atoms with Crippen LogP contribution in [-0.2, 0) is 11.3 Å². The number of imidazole rings is 1. The lowest BCUT2D eigenvalue weighted by Gasteiger charge is -2.23. The van der Waals surface area contributed by atoms with Gasteiger partial charge >= 0.3 is 0 Å². The molecule has 2 aromatic rings. The number of benzene rings is 1. The molecule has 1 saturated heterocycles. The Morgan fingerprint density at radius 1 is 1.47 bits per heavy atom. The van der Waals surface area contributed by atoms with Gasteiger partial charge in [-0.05, 0) is 38.0 Å². The summed E-state index contributed by atoms with van der Waals surface area (Å²) >= 11 is 5.20. The third-order valence-corrected chi connectivity index (χ3v) is 3.92. The smallest absolute Gasteiger partial charge is 0.178 e. The normalized spacial score (nSPS) is 23.3. The van der Waals surface area contributed by atoms with Crippen molar-refractivity contribution >= 4 is 23.3 Å². The summed E-state index contributed by atoms with van der Waals surface area (Å²) in [6.45, 7) is 3.21. The van der Waals surface area contributed by atoms with E-state index in [0.717, 1.165) is 25.5 Å². The number of rotatable bonds is 2. The van der Waals surface area contributed by atoms with E-state index in [0.29, 0.717) is 16.8 Å². The third-order valence-electron chi connectivity index (χ3n) is 3.60. The minimum Gasteiger partial charge on any atom is -0.373 e. The Kier molecular flexibility index (Phi) is 2.94. The molecule has 1 atom stereocenters. The molecule has 0 saturated carbocycles. The third kappa shape index (κ3) is 2.19. The van der Waals surface area contributed by atoms with Crippen molar-refractivity contribution in [1.29, 1.82) is 0 Å². The maximum Gasteiger partial charge on any atom is 0.178 e. The molecule has 1 aliphatic rings. The number of H-pyrrole nitrogens is 1. The lowest BCUT2D eigenvalue weighted by Crippen LogP contribution is -2.29. The van der Waals surface area contributed by atoms with Gasteiger partial charge in [0.2, 0.25) is 0 Å². The fourth-order valence-electron chi connectivity index (χ4n) is 2.63. The standard InChI is InChI=1S/C13H14F2N2OS/c1-13(3-2-4-18-13)7-17-10-6-8(14)5-9(15)11(10)16-12(17)19/h5-6H,2-4,7H2,1H3,(H,16,19). The summed E-state index contributed by atoms with van der Waals surface area (Å²) in [5.41, 5.74) is 0.364. The van der Waals surface area contributed by atoms with Crippen molar-refractivity contribution in [2.75, 3.05) is 6.61 Å². The Balaban J connectivity index is 2.13. The van der Waals surface area contributed by atoms with Crippen LogP contribution in [-0.4, -0.2) is 21.8 Å². The summed E-state index contributed by atoms with van der Waals surface area (Å²) in [6.07, 6.45) is 1.91. The topological polar surface area (TPSA) is 29.9 Å². The summed E-state index contributed by atoms with van der Waals surface area (Å²) in [6, 6.07) is 2.15. The van der Waals surface area contributed by atoms with Crippen LogP contribution >= 0.6 is 12.2 Å². The molecule has 1 unspecified atom stereocenters. The van der Waals surface area contributed by atoms with E-state index in [1.165, 1.54) is 6.07 Å².